The smallest absolute Gasteiger partial charge is 0.216 e. The highest BCUT2D eigenvalue weighted by Gasteiger charge is 2.24. The van der Waals surface area contributed by atoms with Crippen molar-refractivity contribution in [2.24, 2.45) is 7.05 Å². The van der Waals surface area contributed by atoms with Crippen LogP contribution in [0.3, 0.4) is 0 Å². The number of nitrogens with zero attached hydrogens (tertiary/aromatic N) is 2. The Kier molecular flexibility index (Phi) is 4.22. The van der Waals surface area contributed by atoms with Crippen LogP contribution in [0.2, 0.25) is 0 Å². The van der Waals surface area contributed by atoms with Crippen LogP contribution in [0.25, 0.3) is 49.2 Å². The molecule has 162 valence electrons. The van der Waals surface area contributed by atoms with Crippen molar-refractivity contribution in [2.45, 2.75) is 33.6 Å². The Morgan fingerprint density at radius 3 is 2.45 bits per heavy atom. The van der Waals surface area contributed by atoms with Gasteiger partial charge in [0, 0.05) is 36.2 Å². The van der Waals surface area contributed by atoms with Crippen molar-refractivity contribution in [2.75, 3.05) is 0 Å². The molecule has 0 N–H and O–H groups in total. The van der Waals surface area contributed by atoms with Gasteiger partial charge in [-0.2, -0.15) is 4.57 Å². The molecule has 3 heteroatoms. The van der Waals surface area contributed by atoms with Crippen molar-refractivity contribution in [3.05, 3.63) is 94.9 Å². The molecule has 5 rings (SSSR count). The van der Waals surface area contributed by atoms with Gasteiger partial charge in [-0.05, 0) is 42.1 Å². The molecular formula is C30H27N2O+. The number of hydrogen-bond donors (Lipinski definition) is 0. The molecule has 5 aromatic rings. The summed E-state index contributed by atoms with van der Waals surface area (Å²) in [6.07, 6.45) is 0. The molecule has 2 heterocycles. The minimum Gasteiger partial charge on any atom is -0.455 e. The van der Waals surface area contributed by atoms with Gasteiger partial charge in [-0.15, -0.1) is 0 Å². The third kappa shape index (κ3) is 3.31. The SMILES string of the molecule is [2H]c1c([2H])c(-c2c(C)ccc3c2oc2c(-c4ccccc4)cc([N+]#[C-])cc23)[n+](C)c(C)c1C([2H])(C)C. The molecule has 33 heavy (non-hydrogen) atoms. The van der Waals surface area contributed by atoms with Crippen molar-refractivity contribution in [1.29, 1.82) is 0 Å². The summed E-state index contributed by atoms with van der Waals surface area (Å²) >= 11 is 0. The first kappa shape index (κ1) is 17.6. The van der Waals surface area contributed by atoms with Gasteiger partial charge >= 0.3 is 0 Å². The van der Waals surface area contributed by atoms with Crippen molar-refractivity contribution >= 4 is 27.6 Å². The molecule has 0 aliphatic heterocycles. The fourth-order valence-corrected chi connectivity index (χ4v) is 4.56. The highest BCUT2D eigenvalue weighted by molar-refractivity contribution is 6.14. The van der Waals surface area contributed by atoms with Gasteiger partial charge < -0.3 is 4.42 Å². The van der Waals surface area contributed by atoms with E-state index in [2.05, 4.69) is 4.85 Å². The highest BCUT2D eigenvalue weighted by atomic mass is 16.3. The van der Waals surface area contributed by atoms with Crippen LogP contribution >= 0.6 is 0 Å². The zero-order chi connectivity index (χ0) is 25.9. The summed E-state index contributed by atoms with van der Waals surface area (Å²) in [5.74, 6) is -1.01. The summed E-state index contributed by atoms with van der Waals surface area (Å²) < 4.78 is 34.8. The zero-order valence-corrected chi connectivity index (χ0v) is 19.5. The lowest BCUT2D eigenvalue weighted by atomic mass is 9.96. The lowest BCUT2D eigenvalue weighted by Crippen LogP contribution is -2.36. The molecule has 0 saturated heterocycles. The largest absolute Gasteiger partial charge is 0.455 e. The maximum Gasteiger partial charge on any atom is 0.216 e. The first-order valence-corrected chi connectivity index (χ1v) is 11.0. The van der Waals surface area contributed by atoms with Gasteiger partial charge in [0.2, 0.25) is 5.69 Å². The van der Waals surface area contributed by atoms with Crippen molar-refractivity contribution in [1.82, 2.24) is 0 Å². The van der Waals surface area contributed by atoms with E-state index in [0.717, 1.165) is 38.7 Å². The van der Waals surface area contributed by atoms with Crippen LogP contribution in [-0.2, 0) is 7.05 Å². The van der Waals surface area contributed by atoms with Crippen LogP contribution in [0.4, 0.5) is 5.69 Å². The Labute approximate surface area is 199 Å². The third-order valence-electron chi connectivity index (χ3n) is 6.39. The van der Waals surface area contributed by atoms with E-state index in [-0.39, 0.29) is 12.1 Å². The van der Waals surface area contributed by atoms with Crippen LogP contribution in [0.1, 0.15) is 40.7 Å². The van der Waals surface area contributed by atoms with Crippen LogP contribution in [-0.4, -0.2) is 0 Å². The molecule has 2 aromatic heterocycles. The summed E-state index contributed by atoms with van der Waals surface area (Å²) in [6.45, 7) is 15.0. The normalized spacial score (nSPS) is 13.0. The van der Waals surface area contributed by atoms with Crippen molar-refractivity contribution in [3.63, 3.8) is 0 Å². The maximum absolute atomic E-state index is 8.97. The minimum absolute atomic E-state index is 0.0633. The molecule has 0 amide bonds. The third-order valence-corrected chi connectivity index (χ3v) is 6.39. The van der Waals surface area contributed by atoms with Gasteiger partial charge in [0.05, 0.1) is 14.9 Å². The van der Waals surface area contributed by atoms with E-state index in [0.29, 0.717) is 28.1 Å². The number of benzene rings is 3. The topological polar surface area (TPSA) is 21.4 Å². The summed E-state index contributed by atoms with van der Waals surface area (Å²) in [4.78, 5) is 3.71. The number of pyridine rings is 1. The number of furan rings is 1. The van der Waals surface area contributed by atoms with Crippen LogP contribution in [0, 0.1) is 20.4 Å². The van der Waals surface area contributed by atoms with Gasteiger partial charge in [-0.3, -0.25) is 0 Å². The molecule has 0 spiro atoms. The van der Waals surface area contributed by atoms with Gasteiger partial charge in [0.15, 0.2) is 11.4 Å². The van der Waals surface area contributed by atoms with Crippen LogP contribution in [0.15, 0.2) is 71.1 Å². The van der Waals surface area contributed by atoms with Gasteiger partial charge in [0.25, 0.3) is 0 Å². The van der Waals surface area contributed by atoms with E-state index < -0.39 is 5.89 Å². The van der Waals surface area contributed by atoms with E-state index in [1.807, 2.05) is 80.1 Å². The number of fused-ring (bicyclic) bond motifs is 3. The fraction of sp³-hybridized carbons (Fsp3) is 0.200. The Bertz CT molecular complexity index is 1690. The molecule has 0 aliphatic rings. The maximum atomic E-state index is 8.97. The predicted molar refractivity (Wildman–Crippen MR) is 136 cm³/mol. The molecule has 3 nitrogen and oxygen atoms in total. The van der Waals surface area contributed by atoms with E-state index >= 15 is 0 Å². The molecule has 0 aliphatic carbocycles. The lowest BCUT2D eigenvalue weighted by molar-refractivity contribution is -0.667. The second-order valence-electron chi connectivity index (χ2n) is 8.70. The van der Waals surface area contributed by atoms with Crippen LogP contribution < -0.4 is 4.57 Å². The van der Waals surface area contributed by atoms with E-state index in [9.17, 15) is 0 Å². The second kappa shape index (κ2) is 7.90. The monoisotopic (exact) mass is 434 g/mol. The average Bonchev–Trinajstić information content (AvgIpc) is 3.21. The zero-order valence-electron chi connectivity index (χ0n) is 22.5. The van der Waals surface area contributed by atoms with Crippen LogP contribution in [0.5, 0.6) is 0 Å². The molecule has 0 atom stereocenters. The summed E-state index contributed by atoms with van der Waals surface area (Å²) in [5, 5.41) is 1.71. The average molecular weight is 435 g/mol. The second-order valence-corrected chi connectivity index (χ2v) is 8.70. The first-order chi connectivity index (χ1) is 17.0. The predicted octanol–water partition coefficient (Wildman–Crippen LogP) is 8.04. The Morgan fingerprint density at radius 2 is 1.76 bits per heavy atom. The Balaban J connectivity index is 1.93. The molecule has 0 unspecified atom stereocenters. The fourth-order valence-electron chi connectivity index (χ4n) is 4.56. The number of rotatable bonds is 3. The Morgan fingerprint density at radius 1 is 1.00 bits per heavy atom. The Hall–Kier alpha value is -3.90. The molecule has 0 bridgehead atoms. The highest BCUT2D eigenvalue weighted by Crippen LogP contribution is 2.42. The molecule has 0 radical (unpaired) electrons. The summed E-state index contributed by atoms with van der Waals surface area (Å²) in [7, 11) is 1.88. The number of aromatic nitrogens is 1. The minimum atomic E-state index is -1.01. The molecule has 0 saturated carbocycles. The summed E-state index contributed by atoms with van der Waals surface area (Å²) in [5.41, 5.74) is 7.24. The quantitative estimate of drug-likeness (QED) is 0.208. The summed E-state index contributed by atoms with van der Waals surface area (Å²) in [6, 6.07) is 17.7. The van der Waals surface area contributed by atoms with Gasteiger partial charge in [-0.1, -0.05) is 56.3 Å². The van der Waals surface area contributed by atoms with Gasteiger partial charge in [0.1, 0.15) is 18.2 Å². The molecule has 3 aromatic carbocycles. The molecular weight excluding hydrogens is 404 g/mol. The van der Waals surface area contributed by atoms with Crippen molar-refractivity contribution < 1.29 is 13.1 Å². The standard InChI is InChI=1S/C30H27N2O/c1-18(2)23-14-15-27(32(6)20(23)4)28-19(3)12-13-24-26-17-22(31-5)16-25(29(26)33-30(24)28)21-10-8-7-9-11-21/h7-18H,1-4,6H3/q+1/i14D,15D,18D. The number of hydrogen-bond acceptors (Lipinski definition) is 1. The van der Waals surface area contributed by atoms with E-state index in [4.69, 9.17) is 15.1 Å². The number of aryl methyl sites for hydroxylation is 1. The van der Waals surface area contributed by atoms with E-state index in [1.54, 1.807) is 13.8 Å². The first-order valence-electron chi connectivity index (χ1n) is 12.5. The van der Waals surface area contributed by atoms with E-state index in [1.165, 1.54) is 0 Å². The van der Waals surface area contributed by atoms with Crippen molar-refractivity contribution in [3.8, 4) is 22.4 Å². The van der Waals surface area contributed by atoms with Gasteiger partial charge in [-0.25, -0.2) is 4.85 Å². The molecule has 0 fully saturated rings. The lowest BCUT2D eigenvalue weighted by Gasteiger charge is -2.11.